The number of hydrogen-bond acceptors (Lipinski definition) is 2. The minimum Gasteiger partial charge on any atom is -0.334 e. The Bertz CT molecular complexity index is 400. The number of imidazole rings is 1. The van der Waals surface area contributed by atoms with Crippen LogP contribution in [0.15, 0.2) is 36.7 Å². The minimum absolute atomic E-state index is 0.832. The maximum Gasteiger partial charge on any atom is 0.122 e. The molecule has 1 aromatic carbocycles. The Balaban J connectivity index is 1.82. The Morgan fingerprint density at radius 1 is 1.44 bits per heavy atom. The highest BCUT2D eigenvalue weighted by atomic mass is 15.1. The Morgan fingerprint density at radius 2 is 2.38 bits per heavy atom. The molecule has 0 aliphatic heterocycles. The number of nitrogens with one attached hydrogen (secondary N) is 1. The number of rotatable bonds is 6. The summed E-state index contributed by atoms with van der Waals surface area (Å²) in [5.74, 6) is 1.12. The summed E-state index contributed by atoms with van der Waals surface area (Å²) < 4.78 is 2.21. The highest BCUT2D eigenvalue weighted by molar-refractivity contribution is 5.15. The quantitative estimate of drug-likeness (QED) is 0.751. The summed E-state index contributed by atoms with van der Waals surface area (Å²) in [5, 5.41) is 3.41. The highest BCUT2D eigenvalue weighted by Crippen LogP contribution is 2.02. The summed E-state index contributed by atoms with van der Waals surface area (Å²) in [7, 11) is 0. The van der Waals surface area contributed by atoms with Gasteiger partial charge in [-0.05, 0) is 13.0 Å². The van der Waals surface area contributed by atoms with E-state index in [0.717, 1.165) is 31.9 Å². The van der Waals surface area contributed by atoms with Crippen molar-refractivity contribution in [1.29, 1.82) is 0 Å². The van der Waals surface area contributed by atoms with Crippen LogP contribution in [0.25, 0.3) is 0 Å². The molecule has 1 N–H and O–H groups in total. The normalized spacial score (nSPS) is 10.8. The number of hydrogen-bond donors (Lipinski definition) is 1. The van der Waals surface area contributed by atoms with E-state index < -0.39 is 0 Å². The number of aryl methyl sites for hydroxylation is 1. The van der Waals surface area contributed by atoms with E-state index in [1.165, 1.54) is 5.56 Å². The molecule has 1 aromatic heterocycles. The molecule has 0 bridgehead atoms. The fraction of sp³-hybridized carbons (Fsp3) is 0.385. The van der Waals surface area contributed by atoms with Gasteiger partial charge in [-0.25, -0.2) is 11.1 Å². The SMILES string of the molecule is CCCn1ccnc1CNCc1cc[cH-]c1. The molecule has 0 fully saturated rings. The summed E-state index contributed by atoms with van der Waals surface area (Å²) in [6.07, 6.45) is 5.06. The van der Waals surface area contributed by atoms with Gasteiger partial charge in [-0.3, -0.25) is 0 Å². The Hall–Kier alpha value is -1.48. The predicted octanol–water partition coefficient (Wildman–Crippen LogP) is 2.30. The molecule has 0 unspecified atom stereocenters. The fourth-order valence-corrected chi connectivity index (χ4v) is 1.80. The van der Waals surface area contributed by atoms with Crippen LogP contribution < -0.4 is 5.32 Å². The molecule has 0 radical (unpaired) electrons. The lowest BCUT2D eigenvalue weighted by Gasteiger charge is -2.09. The molecule has 86 valence electrons. The molecular formula is C13H18N3-. The van der Waals surface area contributed by atoms with Gasteiger partial charge in [0, 0.05) is 18.9 Å². The molecule has 3 heteroatoms. The van der Waals surface area contributed by atoms with Gasteiger partial charge in [0.05, 0.1) is 6.54 Å². The van der Waals surface area contributed by atoms with Gasteiger partial charge in [0.15, 0.2) is 0 Å². The van der Waals surface area contributed by atoms with Crippen LogP contribution in [0.2, 0.25) is 0 Å². The first-order valence-corrected chi connectivity index (χ1v) is 5.81. The summed E-state index contributed by atoms with van der Waals surface area (Å²) in [5.41, 5.74) is 1.33. The van der Waals surface area contributed by atoms with E-state index in [2.05, 4.69) is 46.1 Å². The third-order valence-electron chi connectivity index (χ3n) is 2.61. The van der Waals surface area contributed by atoms with Crippen LogP contribution in [0, 0.1) is 0 Å². The first-order valence-electron chi connectivity index (χ1n) is 5.81. The fourth-order valence-electron chi connectivity index (χ4n) is 1.80. The second-order valence-electron chi connectivity index (χ2n) is 3.93. The smallest absolute Gasteiger partial charge is 0.122 e. The van der Waals surface area contributed by atoms with Gasteiger partial charge in [-0.15, -0.1) is 0 Å². The maximum absolute atomic E-state index is 4.35. The van der Waals surface area contributed by atoms with Crippen molar-refractivity contribution < 1.29 is 0 Å². The zero-order valence-corrected chi connectivity index (χ0v) is 9.69. The van der Waals surface area contributed by atoms with Crippen LogP contribution in [0.1, 0.15) is 24.7 Å². The van der Waals surface area contributed by atoms with E-state index in [9.17, 15) is 0 Å². The molecule has 0 spiro atoms. The van der Waals surface area contributed by atoms with Crippen molar-refractivity contribution in [2.24, 2.45) is 0 Å². The molecule has 0 aliphatic rings. The average Bonchev–Trinajstić information content (AvgIpc) is 2.91. The average molecular weight is 216 g/mol. The van der Waals surface area contributed by atoms with Crippen LogP contribution >= 0.6 is 0 Å². The Kier molecular flexibility index (Phi) is 3.83. The molecule has 16 heavy (non-hydrogen) atoms. The highest BCUT2D eigenvalue weighted by Gasteiger charge is 1.99. The zero-order chi connectivity index (χ0) is 11.2. The second-order valence-corrected chi connectivity index (χ2v) is 3.93. The zero-order valence-electron chi connectivity index (χ0n) is 9.69. The molecule has 2 aromatic rings. The third kappa shape index (κ3) is 2.76. The van der Waals surface area contributed by atoms with Gasteiger partial charge in [0.25, 0.3) is 0 Å². The lowest BCUT2D eigenvalue weighted by atomic mass is 10.3. The van der Waals surface area contributed by atoms with Crippen molar-refractivity contribution in [1.82, 2.24) is 14.9 Å². The lowest BCUT2D eigenvalue weighted by Crippen LogP contribution is -2.16. The lowest BCUT2D eigenvalue weighted by molar-refractivity contribution is 0.589. The second kappa shape index (κ2) is 5.56. The summed E-state index contributed by atoms with van der Waals surface area (Å²) >= 11 is 0. The first-order chi connectivity index (χ1) is 7.90. The monoisotopic (exact) mass is 216 g/mol. The number of nitrogens with zero attached hydrogens (tertiary/aromatic N) is 2. The third-order valence-corrected chi connectivity index (χ3v) is 2.61. The summed E-state index contributed by atoms with van der Waals surface area (Å²) in [6.45, 7) is 4.97. The molecule has 3 nitrogen and oxygen atoms in total. The van der Waals surface area contributed by atoms with E-state index in [4.69, 9.17) is 0 Å². The van der Waals surface area contributed by atoms with E-state index >= 15 is 0 Å². The molecule has 0 saturated heterocycles. The van der Waals surface area contributed by atoms with E-state index in [1.54, 1.807) is 0 Å². The summed E-state index contributed by atoms with van der Waals surface area (Å²) in [4.78, 5) is 4.35. The van der Waals surface area contributed by atoms with Gasteiger partial charge >= 0.3 is 0 Å². The van der Waals surface area contributed by atoms with Crippen molar-refractivity contribution in [3.63, 3.8) is 0 Å². The molecule has 0 amide bonds. The van der Waals surface area contributed by atoms with Gasteiger partial charge in [0.2, 0.25) is 0 Å². The van der Waals surface area contributed by atoms with Crippen molar-refractivity contribution in [2.45, 2.75) is 33.0 Å². The van der Waals surface area contributed by atoms with E-state index in [-0.39, 0.29) is 0 Å². The molecule has 0 aliphatic carbocycles. The molecule has 0 atom stereocenters. The maximum atomic E-state index is 4.35. The van der Waals surface area contributed by atoms with Crippen LogP contribution in [0.4, 0.5) is 0 Å². The number of aromatic nitrogens is 2. The standard InChI is InChI=1S/C13H18N3/c1-2-8-16-9-7-15-13(16)11-14-10-12-5-3-4-6-12/h3-7,9,14H,2,8,10-11H2,1H3/q-1. The molecule has 0 saturated carbocycles. The molecule has 1 heterocycles. The van der Waals surface area contributed by atoms with Gasteiger partial charge in [0.1, 0.15) is 5.82 Å². The Labute approximate surface area is 96.5 Å². The van der Waals surface area contributed by atoms with Crippen LogP contribution in [-0.2, 0) is 19.6 Å². The summed E-state index contributed by atoms with van der Waals surface area (Å²) in [6, 6.07) is 8.39. The van der Waals surface area contributed by atoms with Gasteiger partial charge < -0.3 is 9.88 Å². The van der Waals surface area contributed by atoms with Crippen molar-refractivity contribution in [2.75, 3.05) is 0 Å². The van der Waals surface area contributed by atoms with Crippen LogP contribution in [0.5, 0.6) is 0 Å². The van der Waals surface area contributed by atoms with Gasteiger partial charge in [-0.1, -0.05) is 6.92 Å². The first kappa shape index (κ1) is 11.0. The van der Waals surface area contributed by atoms with E-state index in [1.807, 2.05) is 12.4 Å². The van der Waals surface area contributed by atoms with Crippen molar-refractivity contribution in [3.05, 3.63) is 48.0 Å². The predicted molar refractivity (Wildman–Crippen MR) is 65.1 cm³/mol. The Morgan fingerprint density at radius 3 is 3.12 bits per heavy atom. The van der Waals surface area contributed by atoms with Crippen LogP contribution in [-0.4, -0.2) is 9.55 Å². The largest absolute Gasteiger partial charge is 0.334 e. The van der Waals surface area contributed by atoms with Crippen molar-refractivity contribution >= 4 is 0 Å². The van der Waals surface area contributed by atoms with Crippen molar-refractivity contribution in [3.8, 4) is 0 Å². The van der Waals surface area contributed by atoms with E-state index in [0.29, 0.717) is 0 Å². The topological polar surface area (TPSA) is 29.9 Å². The minimum atomic E-state index is 0.832. The molecular weight excluding hydrogens is 198 g/mol. The van der Waals surface area contributed by atoms with Crippen LogP contribution in [0.3, 0.4) is 0 Å². The molecule has 2 rings (SSSR count). The van der Waals surface area contributed by atoms with Gasteiger partial charge in [-0.2, -0.15) is 23.8 Å².